The molecule has 276 valence electrons. The number of fused-ring (bicyclic) bond motifs is 1. The Morgan fingerprint density at radius 2 is 1.72 bits per heavy atom. The van der Waals surface area contributed by atoms with Crippen LogP contribution in [-0.4, -0.2) is 67.9 Å². The van der Waals surface area contributed by atoms with Crippen LogP contribution in [-0.2, 0) is 16.8 Å². The Kier molecular flexibility index (Phi) is 10.2. The molecule has 3 amide bonds. The topological polar surface area (TPSA) is 148 Å². The van der Waals surface area contributed by atoms with Crippen molar-refractivity contribution >= 4 is 45.9 Å². The minimum Gasteiger partial charge on any atom is -0.488 e. The number of aryl methyl sites for hydroxylation is 1. The van der Waals surface area contributed by atoms with E-state index in [-0.39, 0.29) is 29.7 Å². The number of rotatable bonds is 10. The van der Waals surface area contributed by atoms with Crippen LogP contribution in [0, 0.1) is 6.92 Å². The summed E-state index contributed by atoms with van der Waals surface area (Å²) in [4.78, 5) is 41.2. The minimum atomic E-state index is -0.391. The largest absolute Gasteiger partial charge is 0.488 e. The third-order valence-electron chi connectivity index (χ3n) is 9.21. The quantitative estimate of drug-likeness (QED) is 0.130. The van der Waals surface area contributed by atoms with Gasteiger partial charge in [-0.1, -0.05) is 57.2 Å². The molecule has 3 aromatic heterocycles. The van der Waals surface area contributed by atoms with Crippen molar-refractivity contribution in [1.29, 1.82) is 0 Å². The second kappa shape index (κ2) is 15.3. The molecule has 0 aliphatic carbocycles. The first kappa shape index (κ1) is 36.0. The normalized spacial score (nSPS) is 14.2. The van der Waals surface area contributed by atoms with Gasteiger partial charge in [0.05, 0.1) is 35.6 Å². The molecule has 1 saturated heterocycles. The molecule has 54 heavy (non-hydrogen) atoms. The van der Waals surface area contributed by atoms with Gasteiger partial charge in [-0.2, -0.15) is 5.10 Å². The van der Waals surface area contributed by atoms with Crippen LogP contribution >= 0.6 is 0 Å². The first-order valence-corrected chi connectivity index (χ1v) is 17.8. The average molecular weight is 726 g/mol. The lowest BCUT2D eigenvalue weighted by atomic mass is 9.92. The van der Waals surface area contributed by atoms with Crippen molar-refractivity contribution in [1.82, 2.24) is 29.6 Å². The summed E-state index contributed by atoms with van der Waals surface area (Å²) in [7, 11) is 1.66. The van der Waals surface area contributed by atoms with E-state index in [0.717, 1.165) is 39.7 Å². The standard InChI is InChI=1S/C41H43N9O4/c1-26-9-8-10-28(19-26)50-38(21-35(48-50)41(2,3)4)47-40(52)45-32-13-14-34(31-12-7-6-11-30(31)32)54-25-27-15-17-42-36(20-27)46-37-23-43-33(22-44-37)39(51)49-18-16-29(24-49)53-5/h6-15,17,19-23,29H,16,18,24-25H2,1-5H3,(H,42,44,46)(H2,45,47,52). The molecule has 6 aromatic rings. The number of nitrogens with one attached hydrogen (secondary N) is 3. The molecule has 1 unspecified atom stereocenters. The number of ether oxygens (including phenoxy) is 2. The number of pyridine rings is 1. The van der Waals surface area contributed by atoms with E-state index in [0.29, 0.717) is 42.0 Å². The van der Waals surface area contributed by atoms with Gasteiger partial charge in [0.15, 0.2) is 0 Å². The van der Waals surface area contributed by atoms with E-state index in [1.165, 1.54) is 12.4 Å². The first-order chi connectivity index (χ1) is 26.0. The van der Waals surface area contributed by atoms with Crippen LogP contribution < -0.4 is 20.7 Å². The summed E-state index contributed by atoms with van der Waals surface area (Å²) in [5, 5.41) is 15.7. The van der Waals surface area contributed by atoms with Gasteiger partial charge in [0.2, 0.25) is 0 Å². The smallest absolute Gasteiger partial charge is 0.324 e. The van der Waals surface area contributed by atoms with Gasteiger partial charge >= 0.3 is 6.03 Å². The lowest BCUT2D eigenvalue weighted by molar-refractivity contribution is 0.0718. The second-order valence-corrected chi connectivity index (χ2v) is 14.3. The van der Waals surface area contributed by atoms with Gasteiger partial charge in [-0.15, -0.1) is 0 Å². The summed E-state index contributed by atoms with van der Waals surface area (Å²) < 4.78 is 13.4. The molecule has 1 atom stereocenters. The molecule has 4 heterocycles. The molecular formula is C41H43N9O4. The summed E-state index contributed by atoms with van der Waals surface area (Å²) in [6, 6.07) is 24.7. The maximum Gasteiger partial charge on any atom is 0.324 e. The van der Waals surface area contributed by atoms with Crippen LogP contribution in [0.4, 0.5) is 27.9 Å². The third kappa shape index (κ3) is 8.16. The zero-order valence-corrected chi connectivity index (χ0v) is 31.0. The van der Waals surface area contributed by atoms with E-state index < -0.39 is 6.03 Å². The lowest BCUT2D eigenvalue weighted by Gasteiger charge is -2.15. The molecule has 7 rings (SSSR count). The van der Waals surface area contributed by atoms with Crippen LogP contribution in [0.2, 0.25) is 0 Å². The van der Waals surface area contributed by atoms with Gasteiger partial charge in [0.25, 0.3) is 5.91 Å². The van der Waals surface area contributed by atoms with E-state index in [4.69, 9.17) is 14.6 Å². The number of nitrogens with zero attached hydrogens (tertiary/aromatic N) is 6. The highest BCUT2D eigenvalue weighted by molar-refractivity contribution is 6.07. The molecule has 1 aliphatic rings. The molecule has 0 saturated carbocycles. The predicted molar refractivity (Wildman–Crippen MR) is 209 cm³/mol. The second-order valence-electron chi connectivity index (χ2n) is 14.3. The van der Waals surface area contributed by atoms with E-state index in [1.54, 1.807) is 22.9 Å². The first-order valence-electron chi connectivity index (χ1n) is 17.8. The molecule has 0 radical (unpaired) electrons. The number of urea groups is 1. The molecule has 3 N–H and O–H groups in total. The monoisotopic (exact) mass is 725 g/mol. The molecule has 13 nitrogen and oxygen atoms in total. The van der Waals surface area contributed by atoms with Crippen LogP contribution in [0.25, 0.3) is 16.5 Å². The fourth-order valence-electron chi connectivity index (χ4n) is 6.26. The average Bonchev–Trinajstić information content (AvgIpc) is 3.83. The highest BCUT2D eigenvalue weighted by Gasteiger charge is 2.28. The third-order valence-corrected chi connectivity index (χ3v) is 9.21. The highest BCUT2D eigenvalue weighted by Crippen LogP contribution is 2.33. The number of hydrogen-bond donors (Lipinski definition) is 3. The van der Waals surface area contributed by atoms with Gasteiger partial charge < -0.3 is 25.0 Å². The van der Waals surface area contributed by atoms with E-state index in [2.05, 4.69) is 51.7 Å². The molecular weight excluding hydrogens is 683 g/mol. The number of carbonyl (C=O) groups is 2. The minimum absolute atomic E-state index is 0.0500. The van der Waals surface area contributed by atoms with Crippen molar-refractivity contribution in [3.05, 3.63) is 120 Å². The van der Waals surface area contributed by atoms with Crippen molar-refractivity contribution in [2.24, 2.45) is 0 Å². The number of likely N-dealkylation sites (tertiary alicyclic amines) is 1. The fraction of sp³-hybridized carbons (Fsp3) is 0.268. The number of anilines is 4. The summed E-state index contributed by atoms with van der Waals surface area (Å²) >= 11 is 0. The summed E-state index contributed by atoms with van der Waals surface area (Å²) in [5.41, 5.74) is 4.39. The van der Waals surface area contributed by atoms with Gasteiger partial charge in [0, 0.05) is 48.6 Å². The Hall–Kier alpha value is -6.34. The van der Waals surface area contributed by atoms with Crippen LogP contribution in [0.3, 0.4) is 0 Å². The number of aromatic nitrogens is 5. The van der Waals surface area contributed by atoms with E-state index in [1.807, 2.05) is 85.8 Å². The number of methoxy groups -OCH3 is 1. The Bertz CT molecular complexity index is 2300. The Labute approximate surface area is 313 Å². The van der Waals surface area contributed by atoms with Crippen molar-refractivity contribution in [3.8, 4) is 11.4 Å². The number of amides is 3. The van der Waals surface area contributed by atoms with Crippen molar-refractivity contribution < 1.29 is 19.1 Å². The van der Waals surface area contributed by atoms with Crippen molar-refractivity contribution in [2.75, 3.05) is 36.1 Å². The van der Waals surface area contributed by atoms with Crippen molar-refractivity contribution in [3.63, 3.8) is 0 Å². The SMILES string of the molecule is COC1CCN(C(=O)c2cnc(Nc3cc(COc4ccc(NC(=O)Nc5cc(C(C)(C)C)nn5-c5cccc(C)c5)c5ccccc45)ccn3)cn2)C1. The van der Waals surface area contributed by atoms with Crippen LogP contribution in [0.15, 0.2) is 97.5 Å². The predicted octanol–water partition coefficient (Wildman–Crippen LogP) is 7.64. The molecule has 0 bridgehead atoms. The fourth-order valence-corrected chi connectivity index (χ4v) is 6.26. The van der Waals surface area contributed by atoms with Gasteiger partial charge in [-0.05, 0) is 60.9 Å². The van der Waals surface area contributed by atoms with Crippen molar-refractivity contribution in [2.45, 2.75) is 52.2 Å². The van der Waals surface area contributed by atoms with Gasteiger partial charge in [0.1, 0.15) is 35.5 Å². The molecule has 13 heteroatoms. The van der Waals surface area contributed by atoms with Gasteiger partial charge in [-0.3, -0.25) is 10.1 Å². The maximum absolute atomic E-state index is 13.5. The molecule has 3 aromatic carbocycles. The zero-order valence-electron chi connectivity index (χ0n) is 31.0. The van der Waals surface area contributed by atoms with Gasteiger partial charge in [-0.25, -0.2) is 24.4 Å². The number of hydrogen-bond acceptors (Lipinski definition) is 9. The highest BCUT2D eigenvalue weighted by atomic mass is 16.5. The maximum atomic E-state index is 13.5. The number of carbonyl (C=O) groups excluding carboxylic acids is 2. The Morgan fingerprint density at radius 3 is 2.46 bits per heavy atom. The lowest BCUT2D eigenvalue weighted by Crippen LogP contribution is -2.30. The summed E-state index contributed by atoms with van der Waals surface area (Å²) in [6.07, 6.45) is 5.53. The molecule has 1 aliphatic heterocycles. The number of benzene rings is 3. The summed E-state index contributed by atoms with van der Waals surface area (Å²) in [6.45, 7) is 9.75. The van der Waals surface area contributed by atoms with Crippen LogP contribution in [0.1, 0.15) is 54.5 Å². The summed E-state index contributed by atoms with van der Waals surface area (Å²) in [5.74, 6) is 2.08. The van der Waals surface area contributed by atoms with E-state index in [9.17, 15) is 9.59 Å². The Balaban J connectivity index is 1.01. The molecule has 1 fully saturated rings. The molecule has 0 spiro atoms. The van der Waals surface area contributed by atoms with E-state index >= 15 is 0 Å². The van der Waals surface area contributed by atoms with Crippen LogP contribution in [0.5, 0.6) is 5.75 Å². The zero-order chi connectivity index (χ0) is 37.8. The Morgan fingerprint density at radius 1 is 0.889 bits per heavy atom.